The first-order chi connectivity index (χ1) is 9.47. The predicted octanol–water partition coefficient (Wildman–Crippen LogP) is 4.11. The average Bonchev–Trinajstić information content (AvgIpc) is 2.44. The Hall–Kier alpha value is -1.82. The third-order valence-corrected chi connectivity index (χ3v) is 3.48. The van der Waals surface area contributed by atoms with E-state index in [-0.39, 0.29) is 21.3 Å². The Kier molecular flexibility index (Phi) is 4.13. The fourth-order valence-corrected chi connectivity index (χ4v) is 2.19. The van der Waals surface area contributed by atoms with Gasteiger partial charge in [-0.3, -0.25) is 4.79 Å². The summed E-state index contributed by atoms with van der Waals surface area (Å²) < 4.78 is 44.9. The molecule has 2 nitrogen and oxygen atoms in total. The molecule has 0 unspecified atom stereocenters. The van der Waals surface area contributed by atoms with Gasteiger partial charge in [0.2, 0.25) is 0 Å². The van der Waals surface area contributed by atoms with Crippen LogP contribution in [0.1, 0.15) is 15.9 Å². The maximum absolute atomic E-state index is 14.0. The zero-order valence-corrected chi connectivity index (χ0v) is 11.8. The zero-order chi connectivity index (χ0) is 14.9. The summed E-state index contributed by atoms with van der Waals surface area (Å²) in [5.74, 6) is -4.02. The van der Waals surface area contributed by atoms with E-state index in [2.05, 4.69) is 15.9 Å². The fourth-order valence-electron chi connectivity index (χ4n) is 1.69. The topological polar surface area (TPSA) is 26.3 Å². The van der Waals surface area contributed by atoms with Gasteiger partial charge in [0.25, 0.3) is 0 Å². The van der Waals surface area contributed by atoms with Crippen LogP contribution in [0.4, 0.5) is 13.2 Å². The number of ether oxygens (including phenoxy) is 1. The molecule has 6 heteroatoms. The van der Waals surface area contributed by atoms with E-state index < -0.39 is 23.2 Å². The van der Waals surface area contributed by atoms with Crippen molar-refractivity contribution in [1.82, 2.24) is 0 Å². The van der Waals surface area contributed by atoms with Gasteiger partial charge in [0, 0.05) is 5.56 Å². The van der Waals surface area contributed by atoms with Crippen molar-refractivity contribution >= 4 is 21.7 Å². The molecule has 0 spiro atoms. The summed E-state index contributed by atoms with van der Waals surface area (Å²) in [6.07, 6.45) is 0. The van der Waals surface area contributed by atoms with Crippen molar-refractivity contribution in [3.8, 4) is 5.75 Å². The second kappa shape index (κ2) is 5.66. The van der Waals surface area contributed by atoms with Gasteiger partial charge >= 0.3 is 0 Å². The van der Waals surface area contributed by atoms with Crippen molar-refractivity contribution in [2.24, 2.45) is 0 Å². The van der Waals surface area contributed by atoms with Gasteiger partial charge in [0.15, 0.2) is 29.0 Å². The van der Waals surface area contributed by atoms with Crippen molar-refractivity contribution in [1.29, 1.82) is 0 Å². The molecule has 0 atom stereocenters. The Bertz CT molecular complexity index is 686. The van der Waals surface area contributed by atoms with Gasteiger partial charge in [-0.05, 0) is 40.2 Å². The van der Waals surface area contributed by atoms with Gasteiger partial charge in [0.05, 0.1) is 17.1 Å². The number of rotatable bonds is 3. The molecule has 0 radical (unpaired) electrons. The van der Waals surface area contributed by atoms with E-state index in [1.165, 1.54) is 25.3 Å². The highest BCUT2D eigenvalue weighted by atomic mass is 79.9. The first-order valence-corrected chi connectivity index (χ1v) is 6.27. The summed E-state index contributed by atoms with van der Waals surface area (Å²) in [5.41, 5.74) is -0.452. The fraction of sp³-hybridized carbons (Fsp3) is 0.0714. The van der Waals surface area contributed by atoms with Gasteiger partial charge in [0.1, 0.15) is 0 Å². The largest absolute Gasteiger partial charge is 0.494 e. The molecule has 104 valence electrons. The summed E-state index contributed by atoms with van der Waals surface area (Å²) in [4.78, 5) is 12.2. The van der Waals surface area contributed by atoms with Crippen molar-refractivity contribution < 1.29 is 22.7 Å². The Labute approximate surface area is 121 Å². The molecule has 0 aliphatic carbocycles. The van der Waals surface area contributed by atoms with E-state index in [9.17, 15) is 18.0 Å². The highest BCUT2D eigenvalue weighted by Crippen LogP contribution is 2.28. The summed E-state index contributed by atoms with van der Waals surface area (Å²) >= 11 is 2.80. The van der Waals surface area contributed by atoms with Crippen molar-refractivity contribution in [3.05, 3.63) is 63.4 Å². The first kappa shape index (κ1) is 14.6. The monoisotopic (exact) mass is 344 g/mol. The van der Waals surface area contributed by atoms with E-state index in [1.54, 1.807) is 0 Å². The Balaban J connectivity index is 2.55. The molecule has 0 aliphatic heterocycles. The van der Waals surface area contributed by atoms with E-state index in [0.717, 1.165) is 12.1 Å². The van der Waals surface area contributed by atoms with Crippen LogP contribution in [0.5, 0.6) is 5.75 Å². The summed E-state index contributed by atoms with van der Waals surface area (Å²) in [7, 11) is 1.26. The number of methoxy groups -OCH3 is 1. The van der Waals surface area contributed by atoms with Crippen LogP contribution in [0.2, 0.25) is 0 Å². The van der Waals surface area contributed by atoms with E-state index in [4.69, 9.17) is 4.74 Å². The molecule has 0 fully saturated rings. The second-order valence-electron chi connectivity index (χ2n) is 3.87. The number of carbonyl (C=O) groups excluding carboxylic acids is 1. The number of ketones is 1. The highest BCUT2D eigenvalue weighted by Gasteiger charge is 2.22. The lowest BCUT2D eigenvalue weighted by Crippen LogP contribution is -2.07. The SMILES string of the molecule is COc1cccc(C(=O)c2ccc(F)c(F)c2Br)c1F. The van der Waals surface area contributed by atoms with E-state index in [0.29, 0.717) is 0 Å². The third-order valence-electron chi connectivity index (χ3n) is 2.71. The third kappa shape index (κ3) is 2.43. The molecule has 0 amide bonds. The number of hydrogen-bond donors (Lipinski definition) is 0. The summed E-state index contributed by atoms with van der Waals surface area (Å²) in [6, 6.07) is 5.93. The zero-order valence-electron chi connectivity index (χ0n) is 10.2. The van der Waals surface area contributed by atoms with Crippen LogP contribution >= 0.6 is 15.9 Å². The Morgan fingerprint density at radius 1 is 1.05 bits per heavy atom. The Morgan fingerprint density at radius 3 is 2.40 bits per heavy atom. The van der Waals surface area contributed by atoms with E-state index in [1.807, 2.05) is 0 Å². The van der Waals surface area contributed by atoms with Crippen LogP contribution in [-0.4, -0.2) is 12.9 Å². The molecule has 2 aromatic carbocycles. The minimum absolute atomic E-state index is 0.102. The summed E-state index contributed by atoms with van der Waals surface area (Å²) in [6.45, 7) is 0. The summed E-state index contributed by atoms with van der Waals surface area (Å²) in [5, 5.41) is 0. The molecule has 0 aromatic heterocycles. The lowest BCUT2D eigenvalue weighted by Gasteiger charge is -2.08. The van der Waals surface area contributed by atoms with Crippen LogP contribution in [0, 0.1) is 17.5 Å². The second-order valence-corrected chi connectivity index (χ2v) is 4.67. The smallest absolute Gasteiger partial charge is 0.197 e. The molecular weight excluding hydrogens is 337 g/mol. The van der Waals surface area contributed by atoms with Crippen molar-refractivity contribution in [2.75, 3.05) is 7.11 Å². The van der Waals surface area contributed by atoms with Gasteiger partial charge in [-0.25, -0.2) is 13.2 Å². The molecule has 0 saturated carbocycles. The minimum Gasteiger partial charge on any atom is -0.494 e. The normalized spacial score (nSPS) is 10.4. The first-order valence-electron chi connectivity index (χ1n) is 5.48. The molecule has 0 saturated heterocycles. The van der Waals surface area contributed by atoms with Crippen molar-refractivity contribution in [3.63, 3.8) is 0 Å². The lowest BCUT2D eigenvalue weighted by molar-refractivity contribution is 0.103. The van der Waals surface area contributed by atoms with Crippen LogP contribution < -0.4 is 4.74 Å². The average molecular weight is 345 g/mol. The van der Waals surface area contributed by atoms with E-state index >= 15 is 0 Å². The van der Waals surface area contributed by atoms with Gasteiger partial charge in [-0.1, -0.05) is 6.07 Å². The van der Waals surface area contributed by atoms with Crippen molar-refractivity contribution in [2.45, 2.75) is 0 Å². The molecule has 2 aromatic rings. The standard InChI is InChI=1S/C14H8BrF3O2/c1-20-10-4-2-3-8(12(10)17)14(19)7-5-6-9(16)13(18)11(7)15/h2-6H,1H3. The molecular formula is C14H8BrF3O2. The van der Waals surface area contributed by atoms with Gasteiger partial charge in [-0.2, -0.15) is 0 Å². The van der Waals surface area contributed by atoms with Crippen LogP contribution in [0.15, 0.2) is 34.8 Å². The molecule has 0 bridgehead atoms. The number of benzene rings is 2. The molecule has 2 rings (SSSR count). The maximum Gasteiger partial charge on any atom is 0.197 e. The Morgan fingerprint density at radius 2 is 1.75 bits per heavy atom. The molecule has 0 N–H and O–H groups in total. The van der Waals surface area contributed by atoms with Gasteiger partial charge < -0.3 is 4.74 Å². The molecule has 20 heavy (non-hydrogen) atoms. The predicted molar refractivity (Wildman–Crippen MR) is 70.4 cm³/mol. The van der Waals surface area contributed by atoms with Crippen LogP contribution in [-0.2, 0) is 0 Å². The lowest BCUT2D eigenvalue weighted by atomic mass is 10.0. The quantitative estimate of drug-likeness (QED) is 0.618. The van der Waals surface area contributed by atoms with Crippen LogP contribution in [0.3, 0.4) is 0 Å². The van der Waals surface area contributed by atoms with Gasteiger partial charge in [-0.15, -0.1) is 0 Å². The maximum atomic E-state index is 14.0. The van der Waals surface area contributed by atoms with Crippen LogP contribution in [0.25, 0.3) is 0 Å². The number of hydrogen-bond acceptors (Lipinski definition) is 2. The minimum atomic E-state index is -1.20. The molecule has 0 heterocycles. The number of carbonyl (C=O) groups is 1. The number of halogens is 4. The highest BCUT2D eigenvalue weighted by molar-refractivity contribution is 9.10. The molecule has 0 aliphatic rings.